The lowest BCUT2D eigenvalue weighted by atomic mass is 10.2. The zero-order valence-corrected chi connectivity index (χ0v) is 10.3. The summed E-state index contributed by atoms with van der Waals surface area (Å²) < 4.78 is 0. The number of anilines is 1. The van der Waals surface area contributed by atoms with Gasteiger partial charge < -0.3 is 5.32 Å². The third-order valence-electron chi connectivity index (χ3n) is 3.49. The van der Waals surface area contributed by atoms with Crippen LogP contribution in [0.25, 0.3) is 0 Å². The number of hydrogen-bond donors (Lipinski definition) is 1. The molecule has 0 bridgehead atoms. The minimum absolute atomic E-state index is 0.0351. The van der Waals surface area contributed by atoms with Gasteiger partial charge >= 0.3 is 0 Å². The number of nitrogens with one attached hydrogen (secondary N) is 1. The van der Waals surface area contributed by atoms with Crippen LogP contribution in [0.2, 0.25) is 0 Å². The molecule has 3 rings (SSSR count). The zero-order valence-electron chi connectivity index (χ0n) is 10.3. The molecule has 1 saturated heterocycles. The summed E-state index contributed by atoms with van der Waals surface area (Å²) in [5, 5.41) is 3.15. The van der Waals surface area contributed by atoms with E-state index in [1.165, 1.54) is 10.5 Å². The average molecular weight is 244 g/mol. The van der Waals surface area contributed by atoms with E-state index in [1.54, 1.807) is 0 Å². The first kappa shape index (κ1) is 11.3. The van der Waals surface area contributed by atoms with Gasteiger partial charge in [-0.3, -0.25) is 14.5 Å². The highest BCUT2D eigenvalue weighted by atomic mass is 16.2. The normalized spacial score (nSPS) is 23.6. The molecule has 4 heteroatoms. The number of amides is 2. The van der Waals surface area contributed by atoms with Crippen molar-refractivity contribution in [2.45, 2.75) is 38.3 Å². The topological polar surface area (TPSA) is 49.4 Å². The number of benzene rings is 1. The monoisotopic (exact) mass is 244 g/mol. The summed E-state index contributed by atoms with van der Waals surface area (Å²) in [6, 6.07) is 7.64. The van der Waals surface area contributed by atoms with E-state index in [0.717, 1.165) is 18.5 Å². The maximum atomic E-state index is 12.1. The van der Waals surface area contributed by atoms with Crippen LogP contribution in [0.5, 0.6) is 0 Å². The average Bonchev–Trinajstić information content (AvgIpc) is 3.12. The lowest BCUT2D eigenvalue weighted by molar-refractivity contribution is -0.139. The van der Waals surface area contributed by atoms with Crippen molar-refractivity contribution in [1.82, 2.24) is 4.90 Å². The van der Waals surface area contributed by atoms with Crippen LogP contribution in [0.4, 0.5) is 5.69 Å². The van der Waals surface area contributed by atoms with E-state index in [0.29, 0.717) is 0 Å². The number of carbonyl (C=O) groups is 2. The summed E-state index contributed by atoms with van der Waals surface area (Å²) in [5.41, 5.74) is 2.07. The molecule has 18 heavy (non-hydrogen) atoms. The largest absolute Gasteiger partial charge is 0.373 e. The molecule has 1 heterocycles. The summed E-state index contributed by atoms with van der Waals surface area (Å²) in [5.74, 6) is -0.102. The highest BCUT2D eigenvalue weighted by Crippen LogP contribution is 2.32. The lowest BCUT2D eigenvalue weighted by Gasteiger charge is -2.15. The SMILES string of the molecule is Cc1ccc(NC2CC(=O)N(C3CC3)C2=O)cc1. The highest BCUT2D eigenvalue weighted by Gasteiger charge is 2.45. The number of aryl methyl sites for hydroxylation is 1. The molecular formula is C14H16N2O2. The number of likely N-dealkylation sites (tertiary alicyclic amines) is 1. The summed E-state index contributed by atoms with van der Waals surface area (Å²) in [6.07, 6.45) is 2.21. The number of rotatable bonds is 3. The maximum absolute atomic E-state index is 12.1. The smallest absolute Gasteiger partial charge is 0.252 e. The Balaban J connectivity index is 1.72. The van der Waals surface area contributed by atoms with Gasteiger partial charge in [-0.05, 0) is 31.9 Å². The summed E-state index contributed by atoms with van der Waals surface area (Å²) in [6.45, 7) is 2.02. The fraction of sp³-hybridized carbons (Fsp3) is 0.429. The van der Waals surface area contributed by atoms with Crippen LogP contribution >= 0.6 is 0 Å². The van der Waals surface area contributed by atoms with Crippen molar-refractivity contribution >= 4 is 17.5 Å². The first-order valence-electron chi connectivity index (χ1n) is 6.34. The molecule has 1 aliphatic carbocycles. The van der Waals surface area contributed by atoms with Gasteiger partial charge in [0.15, 0.2) is 0 Å². The van der Waals surface area contributed by atoms with Crippen molar-refractivity contribution in [1.29, 1.82) is 0 Å². The minimum atomic E-state index is -0.388. The number of imide groups is 1. The van der Waals surface area contributed by atoms with Gasteiger partial charge in [-0.15, -0.1) is 0 Å². The van der Waals surface area contributed by atoms with Gasteiger partial charge in [0.1, 0.15) is 6.04 Å². The fourth-order valence-electron chi connectivity index (χ4n) is 2.33. The summed E-state index contributed by atoms with van der Waals surface area (Å²) in [4.78, 5) is 25.3. The van der Waals surface area contributed by atoms with E-state index in [2.05, 4.69) is 5.32 Å². The van der Waals surface area contributed by atoms with Crippen LogP contribution in [-0.4, -0.2) is 28.8 Å². The molecule has 1 aliphatic heterocycles. The zero-order chi connectivity index (χ0) is 12.7. The van der Waals surface area contributed by atoms with Crippen LogP contribution < -0.4 is 5.32 Å². The molecular weight excluding hydrogens is 228 g/mol. The molecule has 0 spiro atoms. The molecule has 1 N–H and O–H groups in total. The van der Waals surface area contributed by atoms with Crippen molar-refractivity contribution in [2.24, 2.45) is 0 Å². The van der Waals surface area contributed by atoms with E-state index >= 15 is 0 Å². The van der Waals surface area contributed by atoms with Gasteiger partial charge in [0.05, 0.1) is 6.42 Å². The van der Waals surface area contributed by atoms with E-state index < -0.39 is 0 Å². The molecule has 1 unspecified atom stereocenters. The quantitative estimate of drug-likeness (QED) is 0.823. The fourth-order valence-corrected chi connectivity index (χ4v) is 2.33. The van der Waals surface area contributed by atoms with Crippen molar-refractivity contribution < 1.29 is 9.59 Å². The summed E-state index contributed by atoms with van der Waals surface area (Å²) in [7, 11) is 0. The predicted octanol–water partition coefficient (Wildman–Crippen LogP) is 1.70. The second-order valence-electron chi connectivity index (χ2n) is 5.10. The lowest BCUT2D eigenvalue weighted by Crippen LogP contribution is -2.36. The Bertz CT molecular complexity index is 491. The molecule has 2 amide bonds. The van der Waals surface area contributed by atoms with Crippen molar-refractivity contribution in [3.05, 3.63) is 29.8 Å². The molecule has 1 atom stereocenters. The first-order chi connectivity index (χ1) is 8.65. The van der Waals surface area contributed by atoms with Gasteiger partial charge in [-0.25, -0.2) is 0 Å². The van der Waals surface area contributed by atoms with Crippen molar-refractivity contribution in [3.63, 3.8) is 0 Å². The van der Waals surface area contributed by atoms with Crippen molar-refractivity contribution in [2.75, 3.05) is 5.32 Å². The van der Waals surface area contributed by atoms with E-state index in [4.69, 9.17) is 0 Å². The molecule has 2 fully saturated rings. The molecule has 0 aromatic heterocycles. The predicted molar refractivity (Wildman–Crippen MR) is 68.1 cm³/mol. The van der Waals surface area contributed by atoms with Crippen LogP contribution in [-0.2, 0) is 9.59 Å². The minimum Gasteiger partial charge on any atom is -0.373 e. The Kier molecular flexibility index (Phi) is 2.58. The Morgan fingerprint density at radius 3 is 2.44 bits per heavy atom. The van der Waals surface area contributed by atoms with Gasteiger partial charge in [0, 0.05) is 11.7 Å². The third-order valence-corrected chi connectivity index (χ3v) is 3.49. The molecule has 1 saturated carbocycles. The van der Waals surface area contributed by atoms with Crippen LogP contribution in [0, 0.1) is 6.92 Å². The van der Waals surface area contributed by atoms with Crippen LogP contribution in [0.3, 0.4) is 0 Å². The third kappa shape index (κ3) is 1.98. The number of carbonyl (C=O) groups excluding carboxylic acids is 2. The molecule has 2 aliphatic rings. The molecule has 1 aromatic rings. The maximum Gasteiger partial charge on any atom is 0.252 e. The van der Waals surface area contributed by atoms with Gasteiger partial charge in [-0.2, -0.15) is 0 Å². The number of nitrogens with zero attached hydrogens (tertiary/aromatic N) is 1. The Labute approximate surface area is 106 Å². The van der Waals surface area contributed by atoms with E-state index in [-0.39, 0.29) is 30.3 Å². The molecule has 0 radical (unpaired) electrons. The number of hydrogen-bond acceptors (Lipinski definition) is 3. The van der Waals surface area contributed by atoms with E-state index in [1.807, 2.05) is 31.2 Å². The Morgan fingerprint density at radius 1 is 1.17 bits per heavy atom. The second kappa shape index (κ2) is 4.12. The van der Waals surface area contributed by atoms with Crippen LogP contribution in [0.1, 0.15) is 24.8 Å². The first-order valence-corrected chi connectivity index (χ1v) is 6.34. The van der Waals surface area contributed by atoms with Crippen molar-refractivity contribution in [3.8, 4) is 0 Å². The van der Waals surface area contributed by atoms with Gasteiger partial charge in [0.25, 0.3) is 5.91 Å². The van der Waals surface area contributed by atoms with Crippen LogP contribution in [0.15, 0.2) is 24.3 Å². The summed E-state index contributed by atoms with van der Waals surface area (Å²) >= 11 is 0. The molecule has 94 valence electrons. The van der Waals surface area contributed by atoms with E-state index in [9.17, 15) is 9.59 Å². The standard InChI is InChI=1S/C14H16N2O2/c1-9-2-4-10(5-3-9)15-12-8-13(17)16(14(12)18)11-6-7-11/h2-5,11-12,15H,6-8H2,1H3. The van der Waals surface area contributed by atoms with Gasteiger partial charge in [0.2, 0.25) is 5.91 Å². The molecule has 1 aromatic carbocycles. The second-order valence-corrected chi connectivity index (χ2v) is 5.10. The van der Waals surface area contributed by atoms with Gasteiger partial charge in [-0.1, -0.05) is 17.7 Å². The molecule has 4 nitrogen and oxygen atoms in total. The highest BCUT2D eigenvalue weighted by molar-refractivity contribution is 6.07. The Hall–Kier alpha value is -1.84. The Morgan fingerprint density at radius 2 is 1.83 bits per heavy atom.